The standard InChI is InChI=1S/C36H30Cl2F3N3O7/c1-3-43-31(46)22-11-10-21-23(29(22)33(43)48)16-25-32(47)44(42-27-12-6-18(37)14-26(27)38)34(49)35(25,17-4-7-19(50-2)8-5-17)30(21)24-15-20(9-13-28(24)45)51-36(39,40)41/h4-10,12-15,22-23,25,29-30,42,45H,3,11,16H2,1-2H3. The van der Waals surface area contributed by atoms with Crippen molar-refractivity contribution in [2.24, 2.45) is 23.7 Å². The van der Waals surface area contributed by atoms with Gasteiger partial charge < -0.3 is 14.6 Å². The average molecular weight is 745 g/mol. The molecular formula is C36H30Cl2F3N3O7. The van der Waals surface area contributed by atoms with Crippen LogP contribution < -0.4 is 14.9 Å². The van der Waals surface area contributed by atoms with E-state index in [0.29, 0.717) is 21.9 Å². The van der Waals surface area contributed by atoms with Gasteiger partial charge >= 0.3 is 6.36 Å². The molecule has 0 radical (unpaired) electrons. The Morgan fingerprint density at radius 3 is 2.29 bits per heavy atom. The van der Waals surface area contributed by atoms with Crippen LogP contribution in [0.15, 0.2) is 72.3 Å². The molecule has 2 aliphatic heterocycles. The average Bonchev–Trinajstić information content (AvgIpc) is 3.46. The summed E-state index contributed by atoms with van der Waals surface area (Å²) in [5.41, 5.74) is 1.71. The Bertz CT molecular complexity index is 2010. The van der Waals surface area contributed by atoms with Gasteiger partial charge in [0, 0.05) is 23.0 Å². The Labute approximate surface area is 299 Å². The second-order valence-electron chi connectivity index (χ2n) is 12.9. The lowest BCUT2D eigenvalue weighted by Gasteiger charge is -2.50. The van der Waals surface area contributed by atoms with E-state index in [1.165, 1.54) is 30.2 Å². The highest BCUT2D eigenvalue weighted by Crippen LogP contribution is 2.65. The van der Waals surface area contributed by atoms with Crippen molar-refractivity contribution >= 4 is 52.5 Å². The van der Waals surface area contributed by atoms with Crippen LogP contribution in [-0.2, 0) is 24.6 Å². The first-order valence-electron chi connectivity index (χ1n) is 16.1. The van der Waals surface area contributed by atoms with Crippen LogP contribution >= 0.6 is 23.2 Å². The van der Waals surface area contributed by atoms with Crippen LogP contribution in [-0.4, -0.2) is 58.7 Å². The number of imide groups is 2. The van der Waals surface area contributed by atoms with Gasteiger partial charge in [-0.3, -0.25) is 29.5 Å². The van der Waals surface area contributed by atoms with E-state index in [1.807, 2.05) is 0 Å². The minimum absolute atomic E-state index is 0.0668. The predicted octanol–water partition coefficient (Wildman–Crippen LogP) is 6.61. The number of benzene rings is 3. The number of hydrazine groups is 1. The number of halogens is 5. The number of alkyl halides is 3. The molecule has 0 spiro atoms. The van der Waals surface area contributed by atoms with Crippen molar-refractivity contribution in [2.75, 3.05) is 19.1 Å². The molecule has 1 saturated carbocycles. The number of phenolic OH excluding ortho intramolecular Hbond substituents is 1. The highest BCUT2D eigenvalue weighted by Gasteiger charge is 2.70. The summed E-state index contributed by atoms with van der Waals surface area (Å²) in [6, 6.07) is 13.7. The van der Waals surface area contributed by atoms with E-state index in [0.717, 1.165) is 23.2 Å². The first-order valence-corrected chi connectivity index (χ1v) is 16.8. The number of fused-ring (bicyclic) bond motifs is 4. The van der Waals surface area contributed by atoms with Gasteiger partial charge in [0.25, 0.3) is 11.8 Å². The summed E-state index contributed by atoms with van der Waals surface area (Å²) in [7, 11) is 1.45. The van der Waals surface area contributed by atoms with Gasteiger partial charge in [0.2, 0.25) is 11.8 Å². The lowest BCUT2D eigenvalue weighted by molar-refractivity contribution is -0.274. The Hall–Kier alpha value is -4.75. The number of nitrogens with zero attached hydrogens (tertiary/aromatic N) is 2. The van der Waals surface area contributed by atoms with Crippen LogP contribution in [0.1, 0.15) is 36.8 Å². The molecule has 3 aromatic rings. The van der Waals surface area contributed by atoms with Crippen molar-refractivity contribution in [3.05, 3.63) is 93.5 Å². The molecule has 6 unspecified atom stereocenters. The molecule has 10 nitrogen and oxygen atoms in total. The molecular weight excluding hydrogens is 714 g/mol. The van der Waals surface area contributed by atoms with Gasteiger partial charge in [0.1, 0.15) is 17.2 Å². The zero-order valence-corrected chi connectivity index (χ0v) is 28.6. The third kappa shape index (κ3) is 5.40. The maximum absolute atomic E-state index is 15.2. The third-order valence-corrected chi connectivity index (χ3v) is 11.1. The molecule has 3 aromatic carbocycles. The summed E-state index contributed by atoms with van der Waals surface area (Å²) in [5.74, 6) is -7.98. The van der Waals surface area contributed by atoms with Crippen molar-refractivity contribution in [3.63, 3.8) is 0 Å². The summed E-state index contributed by atoms with van der Waals surface area (Å²) in [6.45, 7) is 1.80. The summed E-state index contributed by atoms with van der Waals surface area (Å²) in [5, 5.41) is 12.7. The molecule has 4 amide bonds. The first kappa shape index (κ1) is 34.7. The van der Waals surface area contributed by atoms with Crippen LogP contribution in [0.25, 0.3) is 0 Å². The number of anilines is 1. The number of likely N-dealkylation sites (tertiary alicyclic amines) is 1. The fourth-order valence-corrected chi connectivity index (χ4v) is 8.98. The van der Waals surface area contributed by atoms with Gasteiger partial charge in [0.05, 0.1) is 41.0 Å². The van der Waals surface area contributed by atoms with E-state index in [9.17, 15) is 32.7 Å². The molecule has 4 aliphatic rings. The summed E-state index contributed by atoms with van der Waals surface area (Å²) >= 11 is 12.5. The Balaban J connectivity index is 1.49. The van der Waals surface area contributed by atoms with Crippen molar-refractivity contribution in [2.45, 2.75) is 37.5 Å². The van der Waals surface area contributed by atoms with E-state index in [1.54, 1.807) is 37.3 Å². The van der Waals surface area contributed by atoms with Crippen molar-refractivity contribution in [1.82, 2.24) is 9.91 Å². The topological polar surface area (TPSA) is 125 Å². The lowest BCUT2D eigenvalue weighted by Crippen LogP contribution is -2.53. The molecule has 2 saturated heterocycles. The summed E-state index contributed by atoms with van der Waals surface area (Å²) < 4.78 is 50.2. The number of nitrogens with one attached hydrogen (secondary N) is 1. The SMILES string of the molecule is CCN1C(=O)C2CC=C3C(CC4C(=O)N(Nc5ccc(Cl)cc5Cl)C(=O)C4(c4ccc(OC)cc4)C3c3cc(OC(F)(F)F)ccc3O)C2C1=O. The molecule has 7 rings (SSSR count). The van der Waals surface area contributed by atoms with E-state index >= 15 is 4.79 Å². The Kier molecular flexibility index (Phi) is 8.49. The van der Waals surface area contributed by atoms with Gasteiger partial charge in [0.15, 0.2) is 0 Å². The predicted molar refractivity (Wildman–Crippen MR) is 178 cm³/mol. The molecule has 3 fully saturated rings. The number of methoxy groups -OCH3 is 1. The molecule has 266 valence electrons. The quantitative estimate of drug-likeness (QED) is 0.205. The number of carbonyl (C=O) groups excluding carboxylic acids is 4. The van der Waals surface area contributed by atoms with Gasteiger partial charge in [-0.2, -0.15) is 5.01 Å². The minimum atomic E-state index is -5.09. The molecule has 51 heavy (non-hydrogen) atoms. The number of aromatic hydroxyl groups is 1. The zero-order valence-electron chi connectivity index (χ0n) is 27.0. The van der Waals surface area contributed by atoms with Crippen LogP contribution in [0, 0.1) is 23.7 Å². The molecule has 0 bridgehead atoms. The second-order valence-corrected chi connectivity index (χ2v) is 13.7. The normalized spacial score (nSPS) is 27.2. The number of phenols is 1. The van der Waals surface area contributed by atoms with Crippen molar-refractivity contribution < 1.29 is 46.9 Å². The number of allylic oxidation sites excluding steroid dienone is 2. The van der Waals surface area contributed by atoms with Gasteiger partial charge in [-0.25, -0.2) is 0 Å². The van der Waals surface area contributed by atoms with Crippen molar-refractivity contribution in [3.8, 4) is 17.2 Å². The van der Waals surface area contributed by atoms with Gasteiger partial charge in [-0.05, 0) is 79.8 Å². The van der Waals surface area contributed by atoms with E-state index in [-0.39, 0.29) is 41.6 Å². The number of rotatable bonds is 7. The highest BCUT2D eigenvalue weighted by atomic mass is 35.5. The third-order valence-electron chi connectivity index (χ3n) is 10.5. The van der Waals surface area contributed by atoms with E-state index < -0.39 is 70.6 Å². The van der Waals surface area contributed by atoms with Crippen LogP contribution in [0.2, 0.25) is 10.0 Å². The molecule has 0 aromatic heterocycles. The van der Waals surface area contributed by atoms with Crippen LogP contribution in [0.5, 0.6) is 17.2 Å². The van der Waals surface area contributed by atoms with Crippen LogP contribution in [0.3, 0.4) is 0 Å². The molecule has 6 atom stereocenters. The number of hydrogen-bond acceptors (Lipinski definition) is 8. The van der Waals surface area contributed by atoms with Crippen LogP contribution in [0.4, 0.5) is 18.9 Å². The number of amides is 4. The minimum Gasteiger partial charge on any atom is -0.508 e. The monoisotopic (exact) mass is 743 g/mol. The number of carbonyl (C=O) groups is 4. The highest BCUT2D eigenvalue weighted by molar-refractivity contribution is 6.36. The molecule has 2 N–H and O–H groups in total. The molecule has 2 heterocycles. The van der Waals surface area contributed by atoms with Crippen molar-refractivity contribution in [1.29, 1.82) is 0 Å². The smallest absolute Gasteiger partial charge is 0.508 e. The van der Waals surface area contributed by atoms with Gasteiger partial charge in [-0.15, -0.1) is 13.2 Å². The maximum atomic E-state index is 15.2. The number of ether oxygens (including phenoxy) is 2. The van der Waals surface area contributed by atoms with Gasteiger partial charge in [-0.1, -0.05) is 47.0 Å². The van der Waals surface area contributed by atoms with E-state index in [4.69, 9.17) is 27.9 Å². The number of hydrogen-bond donors (Lipinski definition) is 2. The largest absolute Gasteiger partial charge is 0.573 e. The first-order chi connectivity index (χ1) is 24.2. The Morgan fingerprint density at radius 2 is 1.65 bits per heavy atom. The lowest BCUT2D eigenvalue weighted by atomic mass is 9.49. The molecule has 2 aliphatic carbocycles. The van der Waals surface area contributed by atoms with E-state index in [2.05, 4.69) is 10.2 Å². The maximum Gasteiger partial charge on any atom is 0.573 e. The fraction of sp³-hybridized carbons (Fsp3) is 0.333. The second kappa shape index (κ2) is 12.5. The summed E-state index contributed by atoms with van der Waals surface area (Å²) in [6.07, 6.45) is -3.33. The molecule has 15 heteroatoms. The zero-order chi connectivity index (χ0) is 36.6. The fourth-order valence-electron chi connectivity index (χ4n) is 8.53. The Morgan fingerprint density at radius 1 is 0.941 bits per heavy atom. The summed E-state index contributed by atoms with van der Waals surface area (Å²) in [4.78, 5) is 58.3.